The number of thiophene rings is 1. The molecule has 3 heterocycles. The maximum Gasteiger partial charge on any atom is 0.282 e. The van der Waals surface area contributed by atoms with Gasteiger partial charge in [0, 0.05) is 44.1 Å². The minimum absolute atomic E-state index is 0.0656. The summed E-state index contributed by atoms with van der Waals surface area (Å²) in [6, 6.07) is 3.88. The van der Waals surface area contributed by atoms with Gasteiger partial charge >= 0.3 is 0 Å². The molecule has 23 heavy (non-hydrogen) atoms. The highest BCUT2D eigenvalue weighted by molar-refractivity contribution is 7.86. The molecule has 0 atom stereocenters. The molecular weight excluding hydrogens is 338 g/mol. The fourth-order valence-corrected chi connectivity index (χ4v) is 5.04. The van der Waals surface area contributed by atoms with E-state index in [1.165, 1.54) is 8.61 Å². The van der Waals surface area contributed by atoms with E-state index in [4.69, 9.17) is 4.74 Å². The van der Waals surface area contributed by atoms with E-state index in [1.807, 2.05) is 17.5 Å². The van der Waals surface area contributed by atoms with Crippen molar-refractivity contribution in [1.29, 1.82) is 0 Å². The molecule has 0 saturated carbocycles. The molecule has 2 aliphatic rings. The van der Waals surface area contributed by atoms with Gasteiger partial charge < -0.3 is 9.64 Å². The SMILES string of the molecule is O=C(Cc1cccs1)N1CCN(S(=O)(=O)N2CCOCC2)CC1. The van der Waals surface area contributed by atoms with Crippen LogP contribution in [0.1, 0.15) is 4.88 Å². The van der Waals surface area contributed by atoms with Crippen molar-refractivity contribution < 1.29 is 17.9 Å². The molecule has 128 valence electrons. The Bertz CT molecular complexity index is 618. The highest BCUT2D eigenvalue weighted by Crippen LogP contribution is 2.16. The van der Waals surface area contributed by atoms with E-state index in [1.54, 1.807) is 16.2 Å². The highest BCUT2D eigenvalue weighted by atomic mass is 32.2. The lowest BCUT2D eigenvalue weighted by molar-refractivity contribution is -0.131. The monoisotopic (exact) mass is 359 g/mol. The van der Waals surface area contributed by atoms with Gasteiger partial charge in [-0.3, -0.25) is 4.79 Å². The van der Waals surface area contributed by atoms with E-state index < -0.39 is 10.2 Å². The van der Waals surface area contributed by atoms with E-state index in [2.05, 4.69) is 0 Å². The average molecular weight is 359 g/mol. The summed E-state index contributed by atoms with van der Waals surface area (Å²) in [5.74, 6) is 0.0656. The Balaban J connectivity index is 1.54. The average Bonchev–Trinajstić information content (AvgIpc) is 3.09. The first kappa shape index (κ1) is 16.8. The van der Waals surface area contributed by atoms with Gasteiger partial charge in [0.25, 0.3) is 10.2 Å². The summed E-state index contributed by atoms with van der Waals surface area (Å²) in [5, 5.41) is 1.95. The number of ether oxygens (including phenoxy) is 1. The molecule has 2 saturated heterocycles. The summed E-state index contributed by atoms with van der Waals surface area (Å²) in [5.41, 5.74) is 0. The number of hydrogen-bond donors (Lipinski definition) is 0. The number of hydrogen-bond acceptors (Lipinski definition) is 5. The molecule has 2 aliphatic heterocycles. The van der Waals surface area contributed by atoms with Gasteiger partial charge in [0.1, 0.15) is 0 Å². The molecule has 3 rings (SSSR count). The largest absolute Gasteiger partial charge is 0.379 e. The molecule has 0 unspecified atom stereocenters. The predicted octanol–water partition coefficient (Wildman–Crippen LogP) is 0.0118. The molecule has 1 aromatic rings. The summed E-state index contributed by atoms with van der Waals surface area (Å²) in [6.45, 7) is 3.31. The van der Waals surface area contributed by atoms with Gasteiger partial charge in [-0.1, -0.05) is 6.07 Å². The summed E-state index contributed by atoms with van der Waals surface area (Å²) < 4.78 is 33.3. The van der Waals surface area contributed by atoms with Crippen LogP contribution in [-0.4, -0.2) is 80.3 Å². The summed E-state index contributed by atoms with van der Waals surface area (Å²) >= 11 is 1.57. The minimum Gasteiger partial charge on any atom is -0.379 e. The minimum atomic E-state index is -3.43. The van der Waals surface area contributed by atoms with Crippen molar-refractivity contribution in [3.63, 3.8) is 0 Å². The molecule has 1 aromatic heterocycles. The van der Waals surface area contributed by atoms with E-state index in [0.29, 0.717) is 58.9 Å². The van der Waals surface area contributed by atoms with E-state index >= 15 is 0 Å². The first-order chi connectivity index (χ1) is 11.1. The van der Waals surface area contributed by atoms with Crippen molar-refractivity contribution >= 4 is 27.5 Å². The van der Waals surface area contributed by atoms with Crippen molar-refractivity contribution in [2.75, 3.05) is 52.5 Å². The van der Waals surface area contributed by atoms with Crippen LogP contribution in [0.25, 0.3) is 0 Å². The second-order valence-corrected chi connectivity index (χ2v) is 8.52. The number of nitrogens with zero attached hydrogens (tertiary/aromatic N) is 3. The van der Waals surface area contributed by atoms with E-state index in [9.17, 15) is 13.2 Å². The Hall–Kier alpha value is -1.00. The Labute approximate surface area is 140 Å². The van der Waals surface area contributed by atoms with Gasteiger partial charge in [-0.05, 0) is 11.4 Å². The molecule has 0 radical (unpaired) electrons. The van der Waals surface area contributed by atoms with Crippen LogP contribution in [0, 0.1) is 0 Å². The first-order valence-corrected chi connectivity index (χ1v) is 9.98. The van der Waals surface area contributed by atoms with Crippen molar-refractivity contribution in [1.82, 2.24) is 13.5 Å². The lowest BCUT2D eigenvalue weighted by Gasteiger charge is -2.37. The molecule has 1 amide bonds. The molecule has 7 nitrogen and oxygen atoms in total. The number of rotatable bonds is 4. The molecule has 0 spiro atoms. The Morgan fingerprint density at radius 1 is 1.09 bits per heavy atom. The van der Waals surface area contributed by atoms with Gasteiger partial charge in [0.15, 0.2) is 0 Å². The summed E-state index contributed by atoms with van der Waals surface area (Å²) in [7, 11) is -3.43. The Morgan fingerprint density at radius 3 is 2.35 bits per heavy atom. The first-order valence-electron chi connectivity index (χ1n) is 7.70. The zero-order valence-corrected chi connectivity index (χ0v) is 14.5. The van der Waals surface area contributed by atoms with Crippen molar-refractivity contribution in [3.05, 3.63) is 22.4 Å². The fourth-order valence-electron chi connectivity index (χ4n) is 2.78. The maximum absolute atomic E-state index is 12.6. The lowest BCUT2D eigenvalue weighted by atomic mass is 10.3. The van der Waals surface area contributed by atoms with Gasteiger partial charge in [-0.25, -0.2) is 0 Å². The third kappa shape index (κ3) is 3.92. The van der Waals surface area contributed by atoms with Crippen molar-refractivity contribution in [2.45, 2.75) is 6.42 Å². The predicted molar refractivity (Wildman–Crippen MR) is 87.5 cm³/mol. The second-order valence-electron chi connectivity index (χ2n) is 5.56. The number of carbonyl (C=O) groups excluding carboxylic acids is 1. The molecule has 9 heteroatoms. The smallest absolute Gasteiger partial charge is 0.282 e. The zero-order chi connectivity index (χ0) is 16.3. The number of amides is 1. The second kappa shape index (κ2) is 7.27. The standard InChI is InChI=1S/C14H21N3O4S2/c18-14(12-13-2-1-11-22-13)15-3-5-16(6-4-15)23(19,20)17-7-9-21-10-8-17/h1-2,11H,3-10,12H2. The molecule has 2 fully saturated rings. The van der Waals surface area contributed by atoms with Gasteiger partial charge in [-0.15, -0.1) is 11.3 Å². The van der Waals surface area contributed by atoms with Crippen LogP contribution in [0.3, 0.4) is 0 Å². The number of piperazine rings is 1. The van der Waals surface area contributed by atoms with Crippen LogP contribution >= 0.6 is 11.3 Å². The van der Waals surface area contributed by atoms with Crippen LogP contribution in [-0.2, 0) is 26.2 Å². The molecule has 0 N–H and O–H groups in total. The van der Waals surface area contributed by atoms with Crippen LogP contribution in [0.2, 0.25) is 0 Å². The highest BCUT2D eigenvalue weighted by Gasteiger charge is 2.34. The Morgan fingerprint density at radius 2 is 1.74 bits per heavy atom. The van der Waals surface area contributed by atoms with E-state index in [-0.39, 0.29) is 5.91 Å². The third-order valence-corrected chi connectivity index (χ3v) is 7.03. The molecule has 0 aromatic carbocycles. The van der Waals surface area contributed by atoms with Gasteiger partial charge in [-0.2, -0.15) is 17.0 Å². The van der Waals surface area contributed by atoms with Crippen LogP contribution in [0.15, 0.2) is 17.5 Å². The summed E-state index contributed by atoms with van der Waals surface area (Å²) in [4.78, 5) is 15.1. The Kier molecular flexibility index (Phi) is 5.32. The quantitative estimate of drug-likeness (QED) is 0.759. The zero-order valence-electron chi connectivity index (χ0n) is 12.9. The van der Waals surface area contributed by atoms with Gasteiger partial charge in [0.2, 0.25) is 5.91 Å². The number of morpholine rings is 1. The van der Waals surface area contributed by atoms with Crippen molar-refractivity contribution in [2.24, 2.45) is 0 Å². The normalized spacial score (nSPS) is 21.5. The summed E-state index contributed by atoms with van der Waals surface area (Å²) in [6.07, 6.45) is 0.397. The van der Waals surface area contributed by atoms with Gasteiger partial charge in [0.05, 0.1) is 19.6 Å². The molecule has 0 bridgehead atoms. The number of carbonyl (C=O) groups is 1. The van der Waals surface area contributed by atoms with Crippen LogP contribution < -0.4 is 0 Å². The molecule has 0 aliphatic carbocycles. The molecular formula is C14H21N3O4S2. The van der Waals surface area contributed by atoms with Crippen LogP contribution in [0.5, 0.6) is 0 Å². The van der Waals surface area contributed by atoms with Crippen molar-refractivity contribution in [3.8, 4) is 0 Å². The van der Waals surface area contributed by atoms with E-state index in [0.717, 1.165) is 4.88 Å². The maximum atomic E-state index is 12.6. The fraction of sp³-hybridized carbons (Fsp3) is 0.643. The topological polar surface area (TPSA) is 70.2 Å². The third-order valence-electron chi connectivity index (χ3n) is 4.12. The lowest BCUT2D eigenvalue weighted by Crippen LogP contribution is -2.55. The van der Waals surface area contributed by atoms with Crippen LogP contribution in [0.4, 0.5) is 0 Å².